The largest absolute Gasteiger partial charge is 0.447 e. The molecule has 4 aliphatic rings. The average molecular weight is 675 g/mol. The number of alkyl carbamates (subject to hydrolysis) is 1. The number of ether oxygens (including phenoxy) is 1. The van der Waals surface area contributed by atoms with Crippen molar-refractivity contribution in [3.63, 3.8) is 0 Å². The molecule has 0 aromatic heterocycles. The summed E-state index contributed by atoms with van der Waals surface area (Å²) < 4.78 is 5.40. The number of likely N-dealkylation sites (N-methyl/N-ethyl adjacent to an activating group) is 1. The fourth-order valence-corrected chi connectivity index (χ4v) is 7.78. The Bertz CT molecular complexity index is 1240. The van der Waals surface area contributed by atoms with Crippen LogP contribution in [0, 0.1) is 34.5 Å². The highest BCUT2D eigenvalue weighted by Crippen LogP contribution is 2.65. The molecule has 4 unspecified atom stereocenters. The summed E-state index contributed by atoms with van der Waals surface area (Å²) in [6.07, 6.45) is 6.18. The van der Waals surface area contributed by atoms with Crippen molar-refractivity contribution >= 4 is 35.6 Å². The third-order valence-electron chi connectivity index (χ3n) is 11.2. The molecule has 3 saturated carbocycles. The number of likely N-dealkylation sites (tertiary alicyclic amines) is 1. The first kappa shape index (κ1) is 37.4. The highest BCUT2D eigenvalue weighted by Gasteiger charge is 2.69. The van der Waals surface area contributed by atoms with Crippen molar-refractivity contribution in [3.8, 4) is 0 Å². The van der Waals surface area contributed by atoms with Gasteiger partial charge in [0.15, 0.2) is 0 Å². The minimum absolute atomic E-state index is 0.0544. The number of rotatable bonds is 13. The highest BCUT2D eigenvalue weighted by molar-refractivity contribution is 6.38. The first-order valence-electron chi connectivity index (χ1n) is 17.8. The molecule has 13 heteroatoms. The predicted octanol–water partition coefficient (Wildman–Crippen LogP) is 2.87. The van der Waals surface area contributed by atoms with Gasteiger partial charge in [0.25, 0.3) is 5.91 Å². The summed E-state index contributed by atoms with van der Waals surface area (Å²) >= 11 is 0. The number of amides is 6. The standard InChI is InChI=1S/C35H58N6O7/c1-19(2)37-33(47)48-18-24(34(3,4)5)39-32(46)40-26(21-14-9-10-15-21)31(45)41-17-22-25(35(22,6)7)27(41)29(43)38-23(16-20-12-11-13-20)28(42)30(44)36-8/h19-27H,9-18H2,1-8H3,(H,36,44)(H,37,47)(H,38,43)(H2,39,40,46)/t22-,23?,24?,25-,26?,27?/m0/s1. The van der Waals surface area contributed by atoms with Gasteiger partial charge in [-0.15, -0.1) is 0 Å². The maximum Gasteiger partial charge on any atom is 0.407 e. The molecule has 4 fully saturated rings. The second-order valence-corrected chi connectivity index (χ2v) is 16.4. The average Bonchev–Trinajstić information content (AvgIpc) is 3.42. The zero-order chi connectivity index (χ0) is 35.6. The topological polar surface area (TPSA) is 175 Å². The Morgan fingerprint density at radius 1 is 0.896 bits per heavy atom. The maximum atomic E-state index is 14.5. The summed E-state index contributed by atoms with van der Waals surface area (Å²) in [4.78, 5) is 81.2. The van der Waals surface area contributed by atoms with Crippen molar-refractivity contribution in [2.45, 2.75) is 130 Å². The Morgan fingerprint density at radius 3 is 2.08 bits per heavy atom. The third kappa shape index (κ3) is 8.61. The van der Waals surface area contributed by atoms with Crippen LogP contribution < -0.4 is 26.6 Å². The molecule has 4 rings (SSSR count). The first-order chi connectivity index (χ1) is 22.4. The van der Waals surface area contributed by atoms with Gasteiger partial charge in [-0.2, -0.15) is 0 Å². The molecule has 270 valence electrons. The molecular weight excluding hydrogens is 616 g/mol. The van der Waals surface area contributed by atoms with Gasteiger partial charge in [0.05, 0.1) is 12.1 Å². The molecule has 0 radical (unpaired) electrons. The number of urea groups is 1. The van der Waals surface area contributed by atoms with Gasteiger partial charge in [0.1, 0.15) is 18.7 Å². The van der Waals surface area contributed by atoms with Gasteiger partial charge in [0.2, 0.25) is 17.6 Å². The van der Waals surface area contributed by atoms with Crippen LogP contribution in [0.4, 0.5) is 9.59 Å². The van der Waals surface area contributed by atoms with E-state index < -0.39 is 59.3 Å². The summed E-state index contributed by atoms with van der Waals surface area (Å²) in [5.74, 6) is -2.00. The third-order valence-corrected chi connectivity index (χ3v) is 11.2. The number of ketones is 1. The van der Waals surface area contributed by atoms with E-state index >= 15 is 0 Å². The molecular formula is C35H58N6O7. The number of nitrogens with zero attached hydrogens (tertiary/aromatic N) is 1. The van der Waals surface area contributed by atoms with Crippen LogP contribution in [0.15, 0.2) is 0 Å². The number of hydrogen-bond donors (Lipinski definition) is 5. The van der Waals surface area contributed by atoms with Crippen LogP contribution in [0.1, 0.15) is 99.8 Å². The molecule has 5 N–H and O–H groups in total. The van der Waals surface area contributed by atoms with Gasteiger partial charge in [0, 0.05) is 19.6 Å². The molecule has 13 nitrogen and oxygen atoms in total. The molecule has 6 amide bonds. The fourth-order valence-electron chi connectivity index (χ4n) is 7.78. The predicted molar refractivity (Wildman–Crippen MR) is 180 cm³/mol. The Labute approximate surface area is 285 Å². The Hall–Kier alpha value is -3.38. The SMILES string of the molecule is CNC(=O)C(=O)C(CC1CCC1)NC(=O)C1[C@@H]2[C@H](CN1C(=O)C(NC(=O)NC(COC(=O)NC(C)C)C(C)(C)C)C1CCCC1)C2(C)C. The Morgan fingerprint density at radius 2 is 1.54 bits per heavy atom. The summed E-state index contributed by atoms with van der Waals surface area (Å²) in [5.41, 5.74) is -0.627. The van der Waals surface area contributed by atoms with E-state index in [1.807, 2.05) is 34.6 Å². The van der Waals surface area contributed by atoms with Crippen molar-refractivity contribution in [2.24, 2.45) is 34.5 Å². The molecule has 0 aromatic rings. The van der Waals surface area contributed by atoms with E-state index in [1.165, 1.54) is 7.05 Å². The van der Waals surface area contributed by atoms with Crippen molar-refractivity contribution in [1.29, 1.82) is 0 Å². The molecule has 0 aromatic carbocycles. The zero-order valence-corrected chi connectivity index (χ0v) is 30.1. The first-order valence-corrected chi connectivity index (χ1v) is 17.8. The van der Waals surface area contributed by atoms with E-state index in [-0.39, 0.29) is 47.6 Å². The molecule has 0 bridgehead atoms. The summed E-state index contributed by atoms with van der Waals surface area (Å²) in [5, 5.41) is 13.8. The maximum absolute atomic E-state index is 14.5. The van der Waals surface area contributed by atoms with Gasteiger partial charge in [-0.05, 0) is 67.6 Å². The fraction of sp³-hybridized carbons (Fsp3) is 0.829. The van der Waals surface area contributed by atoms with E-state index in [4.69, 9.17) is 4.74 Å². The molecule has 3 aliphatic carbocycles. The monoisotopic (exact) mass is 674 g/mol. The van der Waals surface area contributed by atoms with E-state index in [2.05, 4.69) is 40.4 Å². The molecule has 1 aliphatic heterocycles. The van der Waals surface area contributed by atoms with E-state index in [9.17, 15) is 28.8 Å². The van der Waals surface area contributed by atoms with Gasteiger partial charge in [-0.1, -0.05) is 66.7 Å². The van der Waals surface area contributed by atoms with Crippen molar-refractivity contribution in [1.82, 2.24) is 31.5 Å². The van der Waals surface area contributed by atoms with Crippen LogP contribution in [-0.2, 0) is 23.9 Å². The van der Waals surface area contributed by atoms with Crippen molar-refractivity contribution in [2.75, 3.05) is 20.2 Å². The Kier molecular flexibility index (Phi) is 11.7. The lowest BCUT2D eigenvalue weighted by atomic mass is 9.80. The summed E-state index contributed by atoms with van der Waals surface area (Å²) in [6, 6.07) is -3.82. The van der Waals surface area contributed by atoms with Gasteiger partial charge >= 0.3 is 12.1 Å². The van der Waals surface area contributed by atoms with Crippen LogP contribution in [0.25, 0.3) is 0 Å². The molecule has 1 heterocycles. The summed E-state index contributed by atoms with van der Waals surface area (Å²) in [7, 11) is 1.39. The molecule has 6 atom stereocenters. The number of hydrogen-bond acceptors (Lipinski definition) is 7. The van der Waals surface area contributed by atoms with E-state index in [0.29, 0.717) is 13.0 Å². The lowest BCUT2D eigenvalue weighted by Gasteiger charge is -2.36. The van der Waals surface area contributed by atoms with Crippen molar-refractivity contribution < 1.29 is 33.5 Å². The van der Waals surface area contributed by atoms with Crippen LogP contribution >= 0.6 is 0 Å². The number of Topliss-reactive ketones (excluding diaryl/α,β-unsaturated/α-hetero) is 1. The number of carbonyl (C=O) groups excluding carboxylic acids is 6. The Balaban J connectivity index is 1.51. The summed E-state index contributed by atoms with van der Waals surface area (Å²) in [6.45, 7) is 13.9. The second kappa shape index (κ2) is 15.0. The van der Waals surface area contributed by atoms with Crippen LogP contribution in [0.3, 0.4) is 0 Å². The number of fused-ring (bicyclic) bond motifs is 1. The lowest BCUT2D eigenvalue weighted by Crippen LogP contribution is -2.61. The number of piperidine rings is 1. The van der Waals surface area contributed by atoms with Crippen LogP contribution in [0.2, 0.25) is 0 Å². The zero-order valence-electron chi connectivity index (χ0n) is 30.1. The number of carbonyl (C=O) groups is 6. The minimum Gasteiger partial charge on any atom is -0.447 e. The minimum atomic E-state index is -0.964. The quantitative estimate of drug-likeness (QED) is 0.187. The smallest absolute Gasteiger partial charge is 0.407 e. The van der Waals surface area contributed by atoms with Crippen molar-refractivity contribution in [3.05, 3.63) is 0 Å². The molecule has 48 heavy (non-hydrogen) atoms. The molecule has 0 spiro atoms. The highest BCUT2D eigenvalue weighted by atomic mass is 16.5. The van der Waals surface area contributed by atoms with E-state index in [1.54, 1.807) is 4.90 Å². The van der Waals surface area contributed by atoms with Gasteiger partial charge < -0.3 is 36.2 Å². The number of nitrogens with one attached hydrogen (secondary N) is 5. The van der Waals surface area contributed by atoms with Crippen LogP contribution in [0.5, 0.6) is 0 Å². The lowest BCUT2D eigenvalue weighted by molar-refractivity contribution is -0.144. The van der Waals surface area contributed by atoms with Gasteiger partial charge in [-0.25, -0.2) is 9.59 Å². The normalized spacial score (nSPS) is 25.2. The van der Waals surface area contributed by atoms with Crippen LogP contribution in [-0.4, -0.2) is 90.9 Å². The molecule has 1 saturated heterocycles. The van der Waals surface area contributed by atoms with E-state index in [0.717, 1.165) is 44.9 Å². The van der Waals surface area contributed by atoms with Gasteiger partial charge in [-0.3, -0.25) is 19.2 Å². The second-order valence-electron chi connectivity index (χ2n) is 16.4.